The van der Waals surface area contributed by atoms with Crippen molar-refractivity contribution in [3.63, 3.8) is 0 Å². The zero-order chi connectivity index (χ0) is 16.2. The molecule has 1 heterocycles. The Morgan fingerprint density at radius 3 is 2.82 bits per heavy atom. The first kappa shape index (κ1) is 16.0. The van der Waals surface area contributed by atoms with Gasteiger partial charge in [-0.05, 0) is 37.6 Å². The molecule has 0 aliphatic heterocycles. The maximum Gasteiger partial charge on any atom is 0.321 e. The maximum absolute atomic E-state index is 12.1. The van der Waals surface area contributed by atoms with E-state index in [9.17, 15) is 9.90 Å². The van der Waals surface area contributed by atoms with Crippen LogP contribution in [0.1, 0.15) is 19.4 Å². The van der Waals surface area contributed by atoms with E-state index in [1.807, 2.05) is 41.2 Å². The van der Waals surface area contributed by atoms with E-state index in [1.165, 1.54) is 4.90 Å². The third-order valence-corrected chi connectivity index (χ3v) is 3.05. The van der Waals surface area contributed by atoms with Gasteiger partial charge in [-0.15, -0.1) is 0 Å². The third-order valence-electron chi connectivity index (χ3n) is 3.05. The van der Waals surface area contributed by atoms with Gasteiger partial charge in [0.2, 0.25) is 0 Å². The van der Waals surface area contributed by atoms with Crippen LogP contribution in [0.25, 0.3) is 0 Å². The summed E-state index contributed by atoms with van der Waals surface area (Å²) in [7, 11) is 1.65. The van der Waals surface area contributed by atoms with E-state index >= 15 is 0 Å². The van der Waals surface area contributed by atoms with Crippen molar-refractivity contribution in [3.8, 4) is 0 Å². The molecule has 22 heavy (non-hydrogen) atoms. The predicted octanol–water partition coefficient (Wildman–Crippen LogP) is 2.17. The van der Waals surface area contributed by atoms with Gasteiger partial charge in [0.25, 0.3) is 0 Å². The fraction of sp³-hybridized carbons (Fsp3) is 0.375. The second-order valence-electron chi connectivity index (χ2n) is 6.00. The molecule has 2 N–H and O–H groups in total. The minimum atomic E-state index is -0.923. The SMILES string of the molecule is CN(CC(C)(C)O)C(=O)Nc1cccc(Cn2cccn2)c1. The van der Waals surface area contributed by atoms with Crippen LogP contribution in [-0.2, 0) is 6.54 Å². The summed E-state index contributed by atoms with van der Waals surface area (Å²) in [6.07, 6.45) is 3.62. The summed E-state index contributed by atoms with van der Waals surface area (Å²) >= 11 is 0. The van der Waals surface area contributed by atoms with Gasteiger partial charge < -0.3 is 15.3 Å². The molecule has 2 aromatic rings. The van der Waals surface area contributed by atoms with Gasteiger partial charge in [-0.2, -0.15) is 5.10 Å². The number of hydrogen-bond acceptors (Lipinski definition) is 3. The molecule has 0 saturated carbocycles. The highest BCUT2D eigenvalue weighted by molar-refractivity contribution is 5.89. The van der Waals surface area contributed by atoms with Gasteiger partial charge in [0.1, 0.15) is 0 Å². The summed E-state index contributed by atoms with van der Waals surface area (Å²) in [6, 6.07) is 9.25. The molecule has 0 radical (unpaired) electrons. The molecule has 0 atom stereocenters. The van der Waals surface area contributed by atoms with E-state index in [0.717, 1.165) is 11.3 Å². The molecule has 0 fully saturated rings. The number of amides is 2. The van der Waals surface area contributed by atoms with Crippen molar-refractivity contribution in [2.45, 2.75) is 26.0 Å². The molecule has 0 spiro atoms. The molecular weight excluding hydrogens is 280 g/mol. The average Bonchev–Trinajstić information content (AvgIpc) is 2.90. The Hall–Kier alpha value is -2.34. The summed E-state index contributed by atoms with van der Waals surface area (Å²) < 4.78 is 1.82. The van der Waals surface area contributed by atoms with Crippen molar-refractivity contribution in [2.75, 3.05) is 18.9 Å². The molecule has 6 heteroatoms. The van der Waals surface area contributed by atoms with Crippen LogP contribution < -0.4 is 5.32 Å². The van der Waals surface area contributed by atoms with E-state index in [-0.39, 0.29) is 12.6 Å². The van der Waals surface area contributed by atoms with Gasteiger partial charge in [0.05, 0.1) is 18.7 Å². The topological polar surface area (TPSA) is 70.4 Å². The molecule has 0 aliphatic carbocycles. The summed E-state index contributed by atoms with van der Waals surface area (Å²) in [5.41, 5.74) is 0.845. The van der Waals surface area contributed by atoms with Gasteiger partial charge in [-0.3, -0.25) is 4.68 Å². The van der Waals surface area contributed by atoms with Crippen molar-refractivity contribution in [3.05, 3.63) is 48.3 Å². The highest BCUT2D eigenvalue weighted by atomic mass is 16.3. The third kappa shape index (κ3) is 4.89. The number of aromatic nitrogens is 2. The number of nitrogens with one attached hydrogen (secondary N) is 1. The monoisotopic (exact) mass is 302 g/mol. The second kappa shape index (κ2) is 6.62. The quantitative estimate of drug-likeness (QED) is 0.889. The van der Waals surface area contributed by atoms with Crippen molar-refractivity contribution >= 4 is 11.7 Å². The fourth-order valence-electron chi connectivity index (χ4n) is 2.20. The van der Waals surface area contributed by atoms with Crippen LogP contribution in [0, 0.1) is 0 Å². The normalized spacial score (nSPS) is 11.3. The molecule has 6 nitrogen and oxygen atoms in total. The number of carbonyl (C=O) groups is 1. The molecule has 0 bridgehead atoms. The van der Waals surface area contributed by atoms with Crippen LogP contribution >= 0.6 is 0 Å². The van der Waals surface area contributed by atoms with Gasteiger partial charge in [-0.25, -0.2) is 4.79 Å². The Morgan fingerprint density at radius 1 is 1.41 bits per heavy atom. The first-order valence-electron chi connectivity index (χ1n) is 7.14. The molecule has 0 aliphatic rings. The fourth-order valence-corrected chi connectivity index (χ4v) is 2.20. The average molecular weight is 302 g/mol. The van der Waals surface area contributed by atoms with E-state index < -0.39 is 5.60 Å². The van der Waals surface area contributed by atoms with Gasteiger partial charge in [0.15, 0.2) is 0 Å². The highest BCUT2D eigenvalue weighted by Crippen LogP contribution is 2.13. The van der Waals surface area contributed by atoms with Crippen molar-refractivity contribution in [1.29, 1.82) is 0 Å². The minimum absolute atomic E-state index is 0.252. The Kier molecular flexibility index (Phi) is 4.82. The van der Waals surface area contributed by atoms with Crippen LogP contribution in [0.4, 0.5) is 10.5 Å². The van der Waals surface area contributed by atoms with E-state index in [2.05, 4.69) is 10.4 Å². The predicted molar refractivity (Wildman–Crippen MR) is 85.7 cm³/mol. The smallest absolute Gasteiger partial charge is 0.321 e. The Bertz CT molecular complexity index is 617. The van der Waals surface area contributed by atoms with E-state index in [1.54, 1.807) is 27.1 Å². The summed E-state index contributed by atoms with van der Waals surface area (Å²) in [5, 5.41) is 16.8. The number of anilines is 1. The molecule has 2 amide bonds. The number of benzene rings is 1. The highest BCUT2D eigenvalue weighted by Gasteiger charge is 2.19. The summed E-state index contributed by atoms with van der Waals surface area (Å²) in [6.45, 7) is 4.24. The lowest BCUT2D eigenvalue weighted by molar-refractivity contribution is 0.0550. The lowest BCUT2D eigenvalue weighted by atomic mass is 10.1. The van der Waals surface area contributed by atoms with Crippen molar-refractivity contribution in [2.24, 2.45) is 0 Å². The van der Waals surface area contributed by atoms with Crippen molar-refractivity contribution in [1.82, 2.24) is 14.7 Å². The van der Waals surface area contributed by atoms with E-state index in [4.69, 9.17) is 0 Å². The Morgan fingerprint density at radius 2 is 2.18 bits per heavy atom. The summed E-state index contributed by atoms with van der Waals surface area (Å²) in [5.74, 6) is 0. The minimum Gasteiger partial charge on any atom is -0.389 e. The van der Waals surface area contributed by atoms with Gasteiger partial charge in [-0.1, -0.05) is 12.1 Å². The van der Waals surface area contributed by atoms with Crippen molar-refractivity contribution < 1.29 is 9.90 Å². The Balaban J connectivity index is 1.99. The van der Waals surface area contributed by atoms with Crippen LogP contribution in [0.2, 0.25) is 0 Å². The van der Waals surface area contributed by atoms with E-state index in [0.29, 0.717) is 6.54 Å². The van der Waals surface area contributed by atoms with Crippen LogP contribution in [0.3, 0.4) is 0 Å². The largest absolute Gasteiger partial charge is 0.389 e. The molecule has 0 unspecified atom stereocenters. The first-order chi connectivity index (χ1) is 10.3. The number of likely N-dealkylation sites (N-methyl/N-ethyl adjacent to an activating group) is 1. The molecule has 1 aromatic heterocycles. The van der Waals surface area contributed by atoms with Crippen LogP contribution in [0.5, 0.6) is 0 Å². The number of aliphatic hydroxyl groups is 1. The number of nitrogens with zero attached hydrogens (tertiary/aromatic N) is 3. The summed E-state index contributed by atoms with van der Waals surface area (Å²) in [4.78, 5) is 13.6. The van der Waals surface area contributed by atoms with Crippen LogP contribution in [0.15, 0.2) is 42.7 Å². The van der Waals surface area contributed by atoms with Gasteiger partial charge in [0, 0.05) is 25.1 Å². The van der Waals surface area contributed by atoms with Gasteiger partial charge >= 0.3 is 6.03 Å². The second-order valence-corrected chi connectivity index (χ2v) is 6.00. The standard InChI is InChI=1S/C16H22N4O2/c1-16(2,22)12-19(3)15(21)18-14-7-4-6-13(10-14)11-20-9-5-8-17-20/h4-10,22H,11-12H2,1-3H3,(H,18,21). The Labute approximate surface area is 130 Å². The number of carbonyl (C=O) groups excluding carboxylic acids is 1. The van der Waals surface area contributed by atoms with Crippen LogP contribution in [-0.4, -0.2) is 45.0 Å². The first-order valence-corrected chi connectivity index (χ1v) is 7.14. The molecule has 1 aromatic carbocycles. The lowest BCUT2D eigenvalue weighted by Crippen LogP contribution is -2.41. The molecule has 0 saturated heterocycles. The lowest BCUT2D eigenvalue weighted by Gasteiger charge is -2.25. The zero-order valence-electron chi connectivity index (χ0n) is 13.2. The number of rotatable bonds is 5. The number of urea groups is 1. The number of hydrogen-bond donors (Lipinski definition) is 2. The molecular formula is C16H22N4O2. The molecule has 2 rings (SSSR count). The molecule has 118 valence electrons. The zero-order valence-corrected chi connectivity index (χ0v) is 13.2. The maximum atomic E-state index is 12.1.